The molecule has 36 heavy (non-hydrogen) atoms. The van der Waals surface area contributed by atoms with Gasteiger partial charge in [0.15, 0.2) is 0 Å². The number of hydrogen-bond donors (Lipinski definition) is 1. The molecule has 1 saturated heterocycles. The molecule has 1 fully saturated rings. The van der Waals surface area contributed by atoms with Crippen LogP contribution in [0.4, 0.5) is 5.69 Å². The van der Waals surface area contributed by atoms with E-state index >= 15 is 0 Å². The molecule has 1 aliphatic heterocycles. The Hall–Kier alpha value is -4.47. The van der Waals surface area contributed by atoms with E-state index in [9.17, 15) is 24.8 Å². The summed E-state index contributed by atoms with van der Waals surface area (Å²) < 4.78 is 7.44. The van der Waals surface area contributed by atoms with Crippen LogP contribution in [0, 0.1) is 10.1 Å². The zero-order chi connectivity index (χ0) is 25.7. The van der Waals surface area contributed by atoms with Crippen molar-refractivity contribution in [3.63, 3.8) is 0 Å². The molecule has 10 heteroatoms. The molecule has 10 nitrogen and oxygen atoms in total. The molecule has 0 saturated carbocycles. The van der Waals surface area contributed by atoms with Crippen LogP contribution in [0.15, 0.2) is 72.8 Å². The maximum atomic E-state index is 13.1. The number of aryl methyl sites for hydroxylation is 1. The average molecular weight is 491 g/mol. The number of aromatic nitrogens is 2. The number of carbonyl (C=O) groups excluding carboxylic acids is 2. The Morgan fingerprint density at radius 1 is 1.11 bits per heavy atom. The maximum absolute atomic E-state index is 13.1. The fraction of sp³-hybridized carbons (Fsp3) is 0.269. The van der Waals surface area contributed by atoms with Crippen molar-refractivity contribution in [3.8, 4) is 5.75 Å². The molecule has 1 aromatic heterocycles. The Kier molecular flexibility index (Phi) is 7.43. The average Bonchev–Trinajstić information content (AvgIpc) is 3.50. The van der Waals surface area contributed by atoms with Crippen molar-refractivity contribution < 1.29 is 24.4 Å². The summed E-state index contributed by atoms with van der Waals surface area (Å²) in [6.45, 7) is 3.36. The Balaban J connectivity index is 1.70. The van der Waals surface area contributed by atoms with Gasteiger partial charge < -0.3 is 19.3 Å². The predicted molar refractivity (Wildman–Crippen MR) is 131 cm³/mol. The van der Waals surface area contributed by atoms with E-state index in [0.29, 0.717) is 36.4 Å². The van der Waals surface area contributed by atoms with E-state index < -0.39 is 22.7 Å². The number of ether oxygens (including phenoxy) is 1. The lowest BCUT2D eigenvalue weighted by Crippen LogP contribution is -2.31. The van der Waals surface area contributed by atoms with Crippen LogP contribution in [0.25, 0.3) is 5.76 Å². The lowest BCUT2D eigenvalue weighted by atomic mass is 9.95. The van der Waals surface area contributed by atoms with Crippen molar-refractivity contribution in [1.82, 2.24) is 14.5 Å². The normalized spacial score (nSPS) is 16.9. The number of aliphatic hydroxyl groups excluding tert-OH is 1. The summed E-state index contributed by atoms with van der Waals surface area (Å²) in [7, 11) is 0. The van der Waals surface area contributed by atoms with E-state index in [2.05, 4.69) is 4.98 Å². The number of amides is 1. The lowest BCUT2D eigenvalue weighted by molar-refractivity contribution is -0.384. The second-order valence-electron chi connectivity index (χ2n) is 8.37. The highest BCUT2D eigenvalue weighted by molar-refractivity contribution is 6.46. The van der Waals surface area contributed by atoms with Gasteiger partial charge in [0.25, 0.3) is 17.4 Å². The SMILES string of the molecule is CCCOc1ccc(C(O)=C2C(=O)C(=O)N(CCCn3ccnc3)[C@H]2c2ccc([N+](=O)[O-])cc2)cc1. The van der Waals surface area contributed by atoms with E-state index in [0.717, 1.165) is 6.42 Å². The van der Waals surface area contributed by atoms with Crippen molar-refractivity contribution >= 4 is 23.1 Å². The molecule has 0 spiro atoms. The van der Waals surface area contributed by atoms with Crippen LogP contribution in [0.2, 0.25) is 0 Å². The summed E-state index contributed by atoms with van der Waals surface area (Å²) in [5.74, 6) is -1.21. The highest BCUT2D eigenvalue weighted by Gasteiger charge is 2.45. The van der Waals surface area contributed by atoms with Gasteiger partial charge in [-0.3, -0.25) is 19.7 Å². The number of benzene rings is 2. The highest BCUT2D eigenvalue weighted by atomic mass is 16.6. The summed E-state index contributed by atoms with van der Waals surface area (Å²) in [4.78, 5) is 42.2. The van der Waals surface area contributed by atoms with Crippen molar-refractivity contribution in [3.05, 3.63) is 94.1 Å². The van der Waals surface area contributed by atoms with Crippen molar-refractivity contribution in [2.75, 3.05) is 13.2 Å². The van der Waals surface area contributed by atoms with Gasteiger partial charge in [0, 0.05) is 43.2 Å². The minimum Gasteiger partial charge on any atom is -0.507 e. The second kappa shape index (κ2) is 10.9. The first-order valence-corrected chi connectivity index (χ1v) is 11.6. The summed E-state index contributed by atoms with van der Waals surface area (Å²) in [6.07, 6.45) is 6.50. The summed E-state index contributed by atoms with van der Waals surface area (Å²) in [6, 6.07) is 11.4. The Labute approximate surface area is 207 Å². The fourth-order valence-electron chi connectivity index (χ4n) is 4.16. The number of nitrogens with zero attached hydrogens (tertiary/aromatic N) is 4. The van der Waals surface area contributed by atoms with Crippen LogP contribution < -0.4 is 4.74 Å². The van der Waals surface area contributed by atoms with E-state index in [-0.39, 0.29) is 23.6 Å². The molecule has 1 atom stereocenters. The maximum Gasteiger partial charge on any atom is 0.295 e. The van der Waals surface area contributed by atoms with Crippen LogP contribution in [0.5, 0.6) is 5.75 Å². The van der Waals surface area contributed by atoms with E-state index in [1.165, 1.54) is 29.2 Å². The van der Waals surface area contributed by atoms with Gasteiger partial charge in [0.05, 0.1) is 29.5 Å². The van der Waals surface area contributed by atoms with Gasteiger partial charge in [-0.1, -0.05) is 6.92 Å². The van der Waals surface area contributed by atoms with Gasteiger partial charge in [-0.05, 0) is 54.8 Å². The standard InChI is InChI=1S/C26H26N4O6/c1-2-16-36-21-10-6-19(7-11-21)24(31)22-23(18-4-8-20(9-5-18)30(34)35)29(26(33)25(22)32)14-3-13-28-15-12-27-17-28/h4-12,15,17,23,31H,2-3,13-14,16H2,1H3/t23-/m0/s1. The van der Waals surface area contributed by atoms with Crippen LogP contribution in [0.3, 0.4) is 0 Å². The van der Waals surface area contributed by atoms with Crippen LogP contribution in [0.1, 0.15) is 36.9 Å². The first-order chi connectivity index (χ1) is 17.4. The van der Waals surface area contributed by atoms with Crippen LogP contribution in [-0.2, 0) is 16.1 Å². The zero-order valence-electron chi connectivity index (χ0n) is 19.7. The third kappa shape index (κ3) is 5.12. The molecule has 4 rings (SSSR count). The third-order valence-electron chi connectivity index (χ3n) is 5.93. The number of rotatable bonds is 10. The number of aliphatic hydroxyl groups is 1. The molecule has 2 aromatic carbocycles. The zero-order valence-corrected chi connectivity index (χ0v) is 19.7. The molecule has 3 aromatic rings. The predicted octanol–water partition coefficient (Wildman–Crippen LogP) is 4.09. The molecule has 186 valence electrons. The quantitative estimate of drug-likeness (QED) is 0.149. The number of hydrogen-bond acceptors (Lipinski definition) is 7. The minimum atomic E-state index is -0.885. The first kappa shape index (κ1) is 24.6. The fourth-order valence-corrected chi connectivity index (χ4v) is 4.16. The number of Topliss-reactive ketones (excluding diaryl/α,β-unsaturated/α-hetero) is 1. The van der Waals surface area contributed by atoms with Crippen molar-refractivity contribution in [2.24, 2.45) is 0 Å². The first-order valence-electron chi connectivity index (χ1n) is 11.6. The number of likely N-dealkylation sites (tertiary alicyclic amines) is 1. The number of non-ortho nitro benzene ring substituents is 1. The van der Waals surface area contributed by atoms with E-state index in [1.807, 2.05) is 11.5 Å². The van der Waals surface area contributed by atoms with E-state index in [1.54, 1.807) is 43.0 Å². The molecule has 0 aliphatic carbocycles. The third-order valence-corrected chi connectivity index (χ3v) is 5.93. The number of nitro benzene ring substituents is 1. The van der Waals surface area contributed by atoms with Crippen LogP contribution >= 0.6 is 0 Å². The summed E-state index contributed by atoms with van der Waals surface area (Å²) in [5.41, 5.74) is 0.686. The molecular formula is C26H26N4O6. The second-order valence-corrected chi connectivity index (χ2v) is 8.37. The largest absolute Gasteiger partial charge is 0.507 e. The topological polar surface area (TPSA) is 128 Å². The number of nitro groups is 1. The summed E-state index contributed by atoms with van der Waals surface area (Å²) in [5, 5.41) is 22.3. The molecule has 1 N–H and O–H groups in total. The Morgan fingerprint density at radius 2 is 1.83 bits per heavy atom. The Bertz CT molecular complexity index is 1270. The number of imidazole rings is 1. The van der Waals surface area contributed by atoms with Gasteiger partial charge in [0.2, 0.25) is 0 Å². The van der Waals surface area contributed by atoms with Gasteiger partial charge >= 0.3 is 0 Å². The lowest BCUT2D eigenvalue weighted by Gasteiger charge is -2.25. The van der Waals surface area contributed by atoms with Gasteiger partial charge in [-0.25, -0.2) is 4.98 Å². The van der Waals surface area contributed by atoms with E-state index in [4.69, 9.17) is 4.74 Å². The van der Waals surface area contributed by atoms with Crippen molar-refractivity contribution in [1.29, 1.82) is 0 Å². The molecule has 0 unspecified atom stereocenters. The van der Waals surface area contributed by atoms with Crippen LogP contribution in [-0.4, -0.2) is 49.3 Å². The number of carbonyl (C=O) groups is 2. The highest BCUT2D eigenvalue weighted by Crippen LogP contribution is 2.40. The molecule has 1 amide bonds. The minimum absolute atomic E-state index is 0.0567. The monoisotopic (exact) mass is 490 g/mol. The number of ketones is 1. The van der Waals surface area contributed by atoms with Crippen molar-refractivity contribution in [2.45, 2.75) is 32.4 Å². The van der Waals surface area contributed by atoms with Gasteiger partial charge in [-0.2, -0.15) is 0 Å². The molecule has 1 aliphatic rings. The molecular weight excluding hydrogens is 464 g/mol. The van der Waals surface area contributed by atoms with Gasteiger partial charge in [0.1, 0.15) is 11.5 Å². The molecule has 2 heterocycles. The molecule has 0 radical (unpaired) electrons. The molecule has 0 bridgehead atoms. The smallest absolute Gasteiger partial charge is 0.295 e. The van der Waals surface area contributed by atoms with Gasteiger partial charge in [-0.15, -0.1) is 0 Å². The summed E-state index contributed by atoms with van der Waals surface area (Å²) >= 11 is 0. The Morgan fingerprint density at radius 3 is 2.44 bits per heavy atom.